The molecular weight excluding hydrogens is 264 g/mol. The highest BCUT2D eigenvalue weighted by molar-refractivity contribution is 6.09. The molecule has 2 aromatic rings. The van der Waals surface area contributed by atoms with Gasteiger partial charge in [0, 0.05) is 25.5 Å². The van der Waals surface area contributed by atoms with E-state index in [1.807, 2.05) is 6.92 Å². The molecule has 0 saturated carbocycles. The molecule has 5 nitrogen and oxygen atoms in total. The van der Waals surface area contributed by atoms with E-state index in [0.29, 0.717) is 23.4 Å². The summed E-state index contributed by atoms with van der Waals surface area (Å²) < 4.78 is 0. The van der Waals surface area contributed by atoms with E-state index >= 15 is 0 Å². The molecule has 1 aromatic heterocycles. The molecule has 1 N–H and O–H groups in total. The van der Waals surface area contributed by atoms with Crippen LogP contribution >= 0.6 is 0 Å². The minimum absolute atomic E-state index is 0.127. The van der Waals surface area contributed by atoms with E-state index in [1.54, 1.807) is 54.7 Å². The second kappa shape index (κ2) is 6.53. The summed E-state index contributed by atoms with van der Waals surface area (Å²) in [7, 11) is 1.71. The molecule has 0 saturated heterocycles. The Hall–Kier alpha value is -2.87. The number of benzene rings is 1. The SMILES string of the molecule is CCNc1cnccc1C(=O)N(C)c1ccc(C#N)cc1. The minimum atomic E-state index is -0.127. The van der Waals surface area contributed by atoms with Crippen molar-refractivity contribution in [3.8, 4) is 6.07 Å². The summed E-state index contributed by atoms with van der Waals surface area (Å²) in [6.07, 6.45) is 3.24. The quantitative estimate of drug-likeness (QED) is 0.934. The van der Waals surface area contributed by atoms with Crippen LogP contribution in [0, 0.1) is 11.3 Å². The van der Waals surface area contributed by atoms with Gasteiger partial charge in [-0.3, -0.25) is 9.78 Å². The third-order valence-electron chi connectivity index (χ3n) is 3.11. The van der Waals surface area contributed by atoms with Crippen LogP contribution in [-0.4, -0.2) is 24.5 Å². The molecule has 0 bridgehead atoms. The maximum absolute atomic E-state index is 12.6. The highest BCUT2D eigenvalue weighted by Gasteiger charge is 2.16. The number of carbonyl (C=O) groups excluding carboxylic acids is 1. The van der Waals surface area contributed by atoms with Crippen molar-refractivity contribution in [1.29, 1.82) is 5.26 Å². The van der Waals surface area contributed by atoms with Gasteiger partial charge >= 0.3 is 0 Å². The number of nitrogens with one attached hydrogen (secondary N) is 1. The summed E-state index contributed by atoms with van der Waals surface area (Å²) in [4.78, 5) is 18.2. The topological polar surface area (TPSA) is 69.0 Å². The van der Waals surface area contributed by atoms with Crippen molar-refractivity contribution in [3.63, 3.8) is 0 Å². The van der Waals surface area contributed by atoms with Gasteiger partial charge in [-0.15, -0.1) is 0 Å². The molecule has 106 valence electrons. The molecule has 0 atom stereocenters. The summed E-state index contributed by atoms with van der Waals surface area (Å²) in [5.74, 6) is -0.127. The second-order valence-corrected chi connectivity index (χ2v) is 4.47. The van der Waals surface area contributed by atoms with Crippen molar-refractivity contribution < 1.29 is 4.79 Å². The van der Waals surface area contributed by atoms with Gasteiger partial charge in [-0.25, -0.2) is 0 Å². The van der Waals surface area contributed by atoms with Crippen LogP contribution in [0.3, 0.4) is 0 Å². The van der Waals surface area contributed by atoms with Gasteiger partial charge in [-0.2, -0.15) is 5.26 Å². The molecule has 1 amide bonds. The average Bonchev–Trinajstić information content (AvgIpc) is 2.54. The number of carbonyl (C=O) groups is 1. The molecule has 0 aliphatic rings. The Kier molecular flexibility index (Phi) is 4.52. The number of hydrogen-bond acceptors (Lipinski definition) is 4. The summed E-state index contributed by atoms with van der Waals surface area (Å²) in [5, 5.41) is 11.9. The summed E-state index contributed by atoms with van der Waals surface area (Å²) in [6.45, 7) is 2.68. The van der Waals surface area contributed by atoms with Crippen LogP contribution in [0.15, 0.2) is 42.7 Å². The Morgan fingerprint density at radius 3 is 2.67 bits per heavy atom. The van der Waals surface area contributed by atoms with Crippen LogP contribution in [0.2, 0.25) is 0 Å². The van der Waals surface area contributed by atoms with E-state index in [1.165, 1.54) is 0 Å². The van der Waals surface area contributed by atoms with Crippen LogP contribution in [0.5, 0.6) is 0 Å². The fraction of sp³-hybridized carbons (Fsp3) is 0.188. The van der Waals surface area contributed by atoms with Crippen LogP contribution in [0.1, 0.15) is 22.8 Å². The van der Waals surface area contributed by atoms with Crippen LogP contribution in [-0.2, 0) is 0 Å². The summed E-state index contributed by atoms with van der Waals surface area (Å²) in [5.41, 5.74) is 2.58. The summed E-state index contributed by atoms with van der Waals surface area (Å²) >= 11 is 0. The Bertz CT molecular complexity index is 673. The lowest BCUT2D eigenvalue weighted by molar-refractivity contribution is 0.0993. The zero-order valence-corrected chi connectivity index (χ0v) is 12.0. The number of pyridine rings is 1. The van der Waals surface area contributed by atoms with Gasteiger partial charge in [0.05, 0.1) is 29.1 Å². The molecule has 1 heterocycles. The van der Waals surface area contributed by atoms with E-state index in [4.69, 9.17) is 5.26 Å². The maximum Gasteiger partial charge on any atom is 0.260 e. The first kappa shape index (κ1) is 14.5. The molecule has 0 aliphatic heterocycles. The maximum atomic E-state index is 12.6. The molecular formula is C16H16N4O. The molecule has 0 unspecified atom stereocenters. The number of nitriles is 1. The van der Waals surface area contributed by atoms with E-state index in [-0.39, 0.29) is 5.91 Å². The summed E-state index contributed by atoms with van der Waals surface area (Å²) in [6, 6.07) is 10.6. The van der Waals surface area contributed by atoms with Gasteiger partial charge in [0.2, 0.25) is 0 Å². The number of anilines is 2. The number of rotatable bonds is 4. The Morgan fingerprint density at radius 2 is 2.05 bits per heavy atom. The number of aromatic nitrogens is 1. The van der Waals surface area contributed by atoms with Crippen LogP contribution in [0.4, 0.5) is 11.4 Å². The molecule has 21 heavy (non-hydrogen) atoms. The average molecular weight is 280 g/mol. The fourth-order valence-electron chi connectivity index (χ4n) is 1.97. The van der Waals surface area contributed by atoms with Gasteiger partial charge in [0.1, 0.15) is 0 Å². The first-order chi connectivity index (χ1) is 10.2. The largest absolute Gasteiger partial charge is 0.383 e. The van der Waals surface area contributed by atoms with Crippen molar-refractivity contribution in [1.82, 2.24) is 4.98 Å². The molecule has 2 rings (SSSR count). The number of amides is 1. The van der Waals surface area contributed by atoms with E-state index in [2.05, 4.69) is 16.4 Å². The van der Waals surface area contributed by atoms with Gasteiger partial charge in [-0.05, 0) is 37.3 Å². The minimum Gasteiger partial charge on any atom is -0.383 e. The normalized spacial score (nSPS) is 9.76. The molecule has 0 fully saturated rings. The lowest BCUT2D eigenvalue weighted by Crippen LogP contribution is -2.27. The smallest absolute Gasteiger partial charge is 0.260 e. The van der Waals surface area contributed by atoms with Crippen molar-refractivity contribution in [3.05, 3.63) is 53.9 Å². The number of nitrogens with zero attached hydrogens (tertiary/aromatic N) is 3. The van der Waals surface area contributed by atoms with Gasteiger partial charge in [0.25, 0.3) is 5.91 Å². The van der Waals surface area contributed by atoms with E-state index in [0.717, 1.165) is 5.69 Å². The van der Waals surface area contributed by atoms with Crippen molar-refractivity contribution in [2.24, 2.45) is 0 Å². The standard InChI is InChI=1S/C16H16N4O/c1-3-19-15-11-18-9-8-14(15)16(21)20(2)13-6-4-12(10-17)5-7-13/h4-9,11,19H,3H2,1-2H3. The third kappa shape index (κ3) is 3.18. The van der Waals surface area contributed by atoms with Gasteiger partial charge in [0.15, 0.2) is 0 Å². The lowest BCUT2D eigenvalue weighted by atomic mass is 10.1. The zero-order chi connectivity index (χ0) is 15.2. The lowest BCUT2D eigenvalue weighted by Gasteiger charge is -2.19. The molecule has 0 spiro atoms. The molecule has 0 aliphatic carbocycles. The van der Waals surface area contributed by atoms with Crippen molar-refractivity contribution in [2.45, 2.75) is 6.92 Å². The van der Waals surface area contributed by atoms with Crippen molar-refractivity contribution in [2.75, 3.05) is 23.8 Å². The second-order valence-electron chi connectivity index (χ2n) is 4.47. The predicted molar refractivity (Wildman–Crippen MR) is 82.3 cm³/mol. The monoisotopic (exact) mass is 280 g/mol. The Labute approximate surface area is 123 Å². The van der Waals surface area contributed by atoms with Crippen LogP contribution < -0.4 is 10.2 Å². The predicted octanol–water partition coefficient (Wildman–Crippen LogP) is 2.66. The third-order valence-corrected chi connectivity index (χ3v) is 3.11. The van der Waals surface area contributed by atoms with E-state index in [9.17, 15) is 4.79 Å². The van der Waals surface area contributed by atoms with E-state index < -0.39 is 0 Å². The first-order valence-electron chi connectivity index (χ1n) is 6.63. The molecule has 5 heteroatoms. The van der Waals surface area contributed by atoms with Crippen molar-refractivity contribution >= 4 is 17.3 Å². The highest BCUT2D eigenvalue weighted by Crippen LogP contribution is 2.20. The van der Waals surface area contributed by atoms with Crippen LogP contribution in [0.25, 0.3) is 0 Å². The zero-order valence-electron chi connectivity index (χ0n) is 12.0. The number of hydrogen-bond donors (Lipinski definition) is 1. The van der Waals surface area contributed by atoms with Gasteiger partial charge in [-0.1, -0.05) is 0 Å². The van der Waals surface area contributed by atoms with Gasteiger partial charge < -0.3 is 10.2 Å². The fourth-order valence-corrected chi connectivity index (χ4v) is 1.97. The Balaban J connectivity index is 2.28. The molecule has 1 aromatic carbocycles. The highest BCUT2D eigenvalue weighted by atomic mass is 16.2. The Morgan fingerprint density at radius 1 is 1.33 bits per heavy atom. The first-order valence-corrected chi connectivity index (χ1v) is 6.63. The molecule has 0 radical (unpaired) electrons.